The van der Waals surface area contributed by atoms with E-state index in [4.69, 9.17) is 4.74 Å². The first-order valence-corrected chi connectivity index (χ1v) is 5.89. The van der Waals surface area contributed by atoms with Gasteiger partial charge in [0.1, 0.15) is 0 Å². The summed E-state index contributed by atoms with van der Waals surface area (Å²) in [4.78, 5) is 14.9. The summed E-state index contributed by atoms with van der Waals surface area (Å²) in [5.74, 6) is 0. The van der Waals surface area contributed by atoms with Crippen molar-refractivity contribution in [3.8, 4) is 0 Å². The molecule has 100 valence electrons. The van der Waals surface area contributed by atoms with Crippen LogP contribution in [-0.4, -0.2) is 66.9 Å². The first-order chi connectivity index (χ1) is 7.70. The minimum absolute atomic E-state index is 0.0556. The summed E-state index contributed by atoms with van der Waals surface area (Å²) in [6, 6.07) is 0.0380. The largest absolute Gasteiger partial charge is 0.465 e. The molecule has 3 atom stereocenters. The molecular weight excluding hydrogens is 220 g/mol. The lowest BCUT2D eigenvalue weighted by Crippen LogP contribution is -2.52. The SMILES string of the molecule is COC1CN(C(=O)O)C(C(C)(C)C)C1N(C)C. The van der Waals surface area contributed by atoms with Crippen LogP contribution in [0.5, 0.6) is 0 Å². The van der Waals surface area contributed by atoms with E-state index in [0.29, 0.717) is 6.54 Å². The van der Waals surface area contributed by atoms with E-state index in [1.54, 1.807) is 7.11 Å². The second-order valence-electron chi connectivity index (χ2n) is 5.97. The Balaban J connectivity index is 3.09. The molecule has 0 spiro atoms. The Hall–Kier alpha value is -0.810. The van der Waals surface area contributed by atoms with Gasteiger partial charge in [0, 0.05) is 7.11 Å². The fourth-order valence-corrected chi connectivity index (χ4v) is 2.81. The molecule has 1 N–H and O–H groups in total. The van der Waals surface area contributed by atoms with Gasteiger partial charge >= 0.3 is 6.09 Å². The maximum atomic E-state index is 11.3. The number of hydrogen-bond acceptors (Lipinski definition) is 3. The molecule has 0 radical (unpaired) electrons. The van der Waals surface area contributed by atoms with E-state index in [1.165, 1.54) is 4.90 Å². The Morgan fingerprint density at radius 3 is 2.24 bits per heavy atom. The molecule has 3 unspecified atom stereocenters. The zero-order valence-corrected chi connectivity index (χ0v) is 11.6. The summed E-state index contributed by atoms with van der Waals surface area (Å²) in [6.07, 6.45) is -0.929. The van der Waals surface area contributed by atoms with Crippen LogP contribution in [0.2, 0.25) is 0 Å². The van der Waals surface area contributed by atoms with Gasteiger partial charge < -0.3 is 19.6 Å². The van der Waals surface area contributed by atoms with Crippen LogP contribution in [0, 0.1) is 5.41 Å². The molecule has 0 aromatic rings. The van der Waals surface area contributed by atoms with Crippen molar-refractivity contribution in [2.45, 2.75) is 39.0 Å². The number of likely N-dealkylation sites (N-methyl/N-ethyl adjacent to an activating group) is 1. The molecule has 1 aliphatic rings. The summed E-state index contributed by atoms with van der Waals surface area (Å²) >= 11 is 0. The highest BCUT2D eigenvalue weighted by molar-refractivity contribution is 5.66. The molecule has 0 aromatic carbocycles. The molecule has 1 saturated heterocycles. The highest BCUT2D eigenvalue weighted by Gasteiger charge is 2.50. The Bertz CT molecular complexity index is 286. The van der Waals surface area contributed by atoms with Gasteiger partial charge in [0.25, 0.3) is 0 Å². The zero-order chi connectivity index (χ0) is 13.4. The van der Waals surface area contributed by atoms with Crippen molar-refractivity contribution >= 4 is 6.09 Å². The number of nitrogens with zero attached hydrogens (tertiary/aromatic N) is 2. The van der Waals surface area contributed by atoms with E-state index < -0.39 is 6.09 Å². The molecule has 0 aromatic heterocycles. The number of likely N-dealkylation sites (tertiary alicyclic amines) is 1. The van der Waals surface area contributed by atoms with E-state index in [2.05, 4.69) is 25.7 Å². The molecule has 1 aliphatic heterocycles. The third-order valence-electron chi connectivity index (χ3n) is 3.45. The van der Waals surface area contributed by atoms with Crippen molar-refractivity contribution in [1.82, 2.24) is 9.80 Å². The normalized spacial score (nSPS) is 30.1. The summed E-state index contributed by atoms with van der Waals surface area (Å²) in [5, 5.41) is 9.31. The van der Waals surface area contributed by atoms with Crippen LogP contribution >= 0.6 is 0 Å². The maximum absolute atomic E-state index is 11.3. The Morgan fingerprint density at radius 2 is 1.94 bits per heavy atom. The van der Waals surface area contributed by atoms with Gasteiger partial charge in [0.05, 0.1) is 24.7 Å². The number of ether oxygens (including phenoxy) is 1. The molecule has 0 saturated carbocycles. The fraction of sp³-hybridized carbons (Fsp3) is 0.917. The van der Waals surface area contributed by atoms with E-state index in [1.807, 2.05) is 14.1 Å². The van der Waals surface area contributed by atoms with E-state index >= 15 is 0 Å². The molecule has 0 bridgehead atoms. The monoisotopic (exact) mass is 244 g/mol. The van der Waals surface area contributed by atoms with Crippen molar-refractivity contribution < 1.29 is 14.6 Å². The molecule has 1 heterocycles. The van der Waals surface area contributed by atoms with Crippen LogP contribution in [-0.2, 0) is 4.74 Å². The number of amides is 1. The van der Waals surface area contributed by atoms with Gasteiger partial charge in [-0.3, -0.25) is 0 Å². The molecule has 1 rings (SSSR count). The van der Waals surface area contributed by atoms with Crippen LogP contribution in [0.15, 0.2) is 0 Å². The lowest BCUT2D eigenvalue weighted by molar-refractivity contribution is 0.0384. The number of carboxylic acid groups (broad SMARTS) is 1. The van der Waals surface area contributed by atoms with Crippen LogP contribution in [0.25, 0.3) is 0 Å². The van der Waals surface area contributed by atoms with Crippen molar-refractivity contribution in [2.24, 2.45) is 5.41 Å². The number of carbonyl (C=O) groups is 1. The third kappa shape index (κ3) is 2.72. The van der Waals surface area contributed by atoms with Gasteiger partial charge in [-0.15, -0.1) is 0 Å². The first kappa shape index (κ1) is 14.3. The smallest absolute Gasteiger partial charge is 0.407 e. The summed E-state index contributed by atoms with van der Waals surface area (Å²) in [6.45, 7) is 6.66. The van der Waals surface area contributed by atoms with Crippen molar-refractivity contribution in [1.29, 1.82) is 0 Å². The van der Waals surface area contributed by atoms with Crippen LogP contribution in [0.4, 0.5) is 4.79 Å². The molecule has 17 heavy (non-hydrogen) atoms. The lowest BCUT2D eigenvalue weighted by atomic mass is 9.82. The average Bonchev–Trinajstić information content (AvgIpc) is 2.55. The maximum Gasteiger partial charge on any atom is 0.407 e. The number of rotatable bonds is 2. The van der Waals surface area contributed by atoms with Gasteiger partial charge in [-0.1, -0.05) is 20.8 Å². The van der Waals surface area contributed by atoms with Gasteiger partial charge in [-0.05, 0) is 19.5 Å². The average molecular weight is 244 g/mol. The summed E-state index contributed by atoms with van der Waals surface area (Å²) in [5.41, 5.74) is -0.111. The highest BCUT2D eigenvalue weighted by atomic mass is 16.5. The predicted octanol–water partition coefficient (Wildman–Crippen LogP) is 1.34. The summed E-state index contributed by atoms with van der Waals surface area (Å²) < 4.78 is 5.44. The Morgan fingerprint density at radius 1 is 1.41 bits per heavy atom. The Kier molecular flexibility index (Phi) is 4.04. The molecular formula is C12H24N2O3. The zero-order valence-electron chi connectivity index (χ0n) is 11.6. The highest BCUT2D eigenvalue weighted by Crippen LogP contribution is 2.36. The summed E-state index contributed by atoms with van der Waals surface area (Å²) in [7, 11) is 5.59. The molecule has 5 nitrogen and oxygen atoms in total. The van der Waals surface area contributed by atoms with Gasteiger partial charge in [-0.2, -0.15) is 0 Å². The predicted molar refractivity (Wildman–Crippen MR) is 66.2 cm³/mol. The molecule has 0 aliphatic carbocycles. The quantitative estimate of drug-likeness (QED) is 0.796. The van der Waals surface area contributed by atoms with Gasteiger partial charge in [0.2, 0.25) is 0 Å². The van der Waals surface area contributed by atoms with E-state index in [9.17, 15) is 9.90 Å². The van der Waals surface area contributed by atoms with E-state index in [-0.39, 0.29) is 23.6 Å². The van der Waals surface area contributed by atoms with Crippen molar-refractivity contribution in [2.75, 3.05) is 27.7 Å². The molecule has 1 fully saturated rings. The standard InChI is InChI=1S/C12H24N2O3/c1-12(2,3)10-9(13(4)5)8(17-6)7-14(10)11(15)16/h8-10H,7H2,1-6H3,(H,15,16). The van der Waals surface area contributed by atoms with Gasteiger partial charge in [-0.25, -0.2) is 4.79 Å². The molecule has 1 amide bonds. The number of hydrogen-bond donors (Lipinski definition) is 1. The van der Waals surface area contributed by atoms with Gasteiger partial charge in [0.15, 0.2) is 0 Å². The molecule has 5 heteroatoms. The third-order valence-corrected chi connectivity index (χ3v) is 3.45. The topological polar surface area (TPSA) is 53.0 Å². The van der Waals surface area contributed by atoms with Crippen LogP contribution in [0.3, 0.4) is 0 Å². The number of methoxy groups -OCH3 is 1. The second kappa shape index (κ2) is 4.82. The van der Waals surface area contributed by atoms with Crippen LogP contribution in [0.1, 0.15) is 20.8 Å². The van der Waals surface area contributed by atoms with Crippen molar-refractivity contribution in [3.05, 3.63) is 0 Å². The minimum Gasteiger partial charge on any atom is -0.465 e. The van der Waals surface area contributed by atoms with Crippen molar-refractivity contribution in [3.63, 3.8) is 0 Å². The minimum atomic E-state index is -0.865. The Labute approximate surface area is 103 Å². The second-order valence-corrected chi connectivity index (χ2v) is 5.97. The first-order valence-electron chi connectivity index (χ1n) is 5.89. The lowest BCUT2D eigenvalue weighted by Gasteiger charge is -2.39. The fourth-order valence-electron chi connectivity index (χ4n) is 2.81. The van der Waals surface area contributed by atoms with E-state index in [0.717, 1.165) is 0 Å². The van der Waals surface area contributed by atoms with Crippen LogP contribution < -0.4 is 0 Å².